The van der Waals surface area contributed by atoms with Gasteiger partial charge in [0.15, 0.2) is 11.6 Å². The fraction of sp³-hybridized carbons (Fsp3) is 0.586. The maximum atomic E-state index is 12.7. The first kappa shape index (κ1) is 28.5. The number of carboxylic acid groups (broad SMARTS) is 1. The highest BCUT2D eigenvalue weighted by Gasteiger charge is 2.27. The van der Waals surface area contributed by atoms with Crippen LogP contribution in [-0.2, 0) is 23.9 Å². The van der Waals surface area contributed by atoms with Gasteiger partial charge in [0.05, 0.1) is 5.41 Å². The summed E-state index contributed by atoms with van der Waals surface area (Å²) in [7, 11) is 0. The third-order valence-electron chi connectivity index (χ3n) is 6.95. The molecule has 192 valence electrons. The predicted molar refractivity (Wildman–Crippen MR) is 136 cm³/mol. The molecule has 0 unspecified atom stereocenters. The Bertz CT molecular complexity index is 942. The molecule has 0 radical (unpaired) electrons. The average molecular weight is 485 g/mol. The summed E-state index contributed by atoms with van der Waals surface area (Å²) in [5, 5.41) is 9.20. The summed E-state index contributed by atoms with van der Waals surface area (Å²) in [6.45, 7) is 7.70. The van der Waals surface area contributed by atoms with Crippen LogP contribution in [0.1, 0.15) is 98.3 Å². The van der Waals surface area contributed by atoms with Crippen molar-refractivity contribution in [3.63, 3.8) is 0 Å². The molecule has 0 spiro atoms. The summed E-state index contributed by atoms with van der Waals surface area (Å²) >= 11 is 0. The minimum atomic E-state index is -0.791. The lowest BCUT2D eigenvalue weighted by molar-refractivity contribution is -0.147. The van der Waals surface area contributed by atoms with Crippen LogP contribution in [0.2, 0.25) is 0 Å². The Morgan fingerprint density at radius 2 is 1.14 bits per heavy atom. The fourth-order valence-corrected chi connectivity index (χ4v) is 4.42. The number of carbonyl (C=O) groups excluding carboxylic acids is 3. The number of ether oxygens (including phenoxy) is 1. The Balaban J connectivity index is 1.63. The zero-order valence-corrected chi connectivity index (χ0v) is 21.7. The molecular formula is C29H40O6. The summed E-state index contributed by atoms with van der Waals surface area (Å²) in [5.74, 6) is -0.584. The molecule has 0 saturated carbocycles. The number of rotatable bonds is 17. The number of unbranched alkanes of at least 4 members (excludes halogenated alkanes) is 2. The van der Waals surface area contributed by atoms with Crippen LogP contribution in [0.15, 0.2) is 46.6 Å². The second-order valence-corrected chi connectivity index (χ2v) is 10.9. The molecule has 0 aromatic carbocycles. The van der Waals surface area contributed by atoms with Crippen molar-refractivity contribution in [3.05, 3.63) is 46.6 Å². The van der Waals surface area contributed by atoms with Crippen LogP contribution >= 0.6 is 0 Å². The minimum absolute atomic E-state index is 0.0921. The van der Waals surface area contributed by atoms with Crippen LogP contribution in [0.25, 0.3) is 0 Å². The van der Waals surface area contributed by atoms with Gasteiger partial charge in [0.25, 0.3) is 6.47 Å². The van der Waals surface area contributed by atoms with Crippen LogP contribution in [0, 0.1) is 5.41 Å². The van der Waals surface area contributed by atoms with Crippen LogP contribution in [0.4, 0.5) is 0 Å². The standard InChI is InChI=1S/C29H40O6/c1-28(2,27(33)34)18-7-5-10-21-14-16-23(25(21)31)12-9-13-24-17-15-22(26(24)32)11-6-8-19-29(3,4)35-20-30/h14-17,20H,5-13,18-19H2,1-4H3,(H,33,34). The number of carboxylic acids is 1. The van der Waals surface area contributed by atoms with E-state index in [9.17, 15) is 24.3 Å². The van der Waals surface area contributed by atoms with Gasteiger partial charge in [-0.3, -0.25) is 19.2 Å². The van der Waals surface area contributed by atoms with Crippen LogP contribution in [0.3, 0.4) is 0 Å². The largest absolute Gasteiger partial charge is 0.481 e. The quantitative estimate of drug-likeness (QED) is 0.195. The van der Waals surface area contributed by atoms with E-state index >= 15 is 0 Å². The highest BCUT2D eigenvalue weighted by molar-refractivity contribution is 6.12. The van der Waals surface area contributed by atoms with Crippen molar-refractivity contribution in [1.29, 1.82) is 0 Å². The van der Waals surface area contributed by atoms with E-state index in [4.69, 9.17) is 4.74 Å². The van der Waals surface area contributed by atoms with E-state index < -0.39 is 17.0 Å². The average Bonchev–Trinajstić information content (AvgIpc) is 3.31. The predicted octanol–water partition coefficient (Wildman–Crippen LogP) is 6.21. The van der Waals surface area contributed by atoms with E-state index in [0.29, 0.717) is 32.2 Å². The summed E-state index contributed by atoms with van der Waals surface area (Å²) < 4.78 is 5.06. The highest BCUT2D eigenvalue weighted by atomic mass is 16.5. The van der Waals surface area contributed by atoms with Gasteiger partial charge in [0, 0.05) is 0 Å². The number of allylic oxidation sites excluding steroid dienone is 8. The van der Waals surface area contributed by atoms with Gasteiger partial charge >= 0.3 is 5.97 Å². The van der Waals surface area contributed by atoms with Gasteiger partial charge in [-0.25, -0.2) is 0 Å². The van der Waals surface area contributed by atoms with Gasteiger partial charge in [0.2, 0.25) is 0 Å². The molecule has 6 nitrogen and oxygen atoms in total. The first-order valence-electron chi connectivity index (χ1n) is 12.7. The third kappa shape index (κ3) is 8.75. The van der Waals surface area contributed by atoms with Crippen molar-refractivity contribution in [1.82, 2.24) is 0 Å². The molecule has 0 aliphatic heterocycles. The zero-order valence-electron chi connectivity index (χ0n) is 21.7. The van der Waals surface area contributed by atoms with Crippen LogP contribution in [-0.4, -0.2) is 34.7 Å². The molecule has 0 atom stereocenters. The van der Waals surface area contributed by atoms with Crippen molar-refractivity contribution in [2.45, 2.75) is 104 Å². The SMILES string of the molecule is CC(C)(CCCCC1=CC=C(CCCC2=CC=C(CCCCC(C)(C)C(=O)O)C2=O)C1=O)OC=O. The van der Waals surface area contributed by atoms with Gasteiger partial charge in [-0.15, -0.1) is 0 Å². The normalized spacial score (nSPS) is 16.1. The van der Waals surface area contributed by atoms with Crippen molar-refractivity contribution in [2.24, 2.45) is 5.41 Å². The molecule has 1 N–H and O–H groups in total. The maximum absolute atomic E-state index is 12.7. The molecule has 0 aromatic heterocycles. The lowest BCUT2D eigenvalue weighted by Gasteiger charge is -2.22. The van der Waals surface area contributed by atoms with E-state index in [1.54, 1.807) is 13.8 Å². The second kappa shape index (κ2) is 12.8. The summed E-state index contributed by atoms with van der Waals surface area (Å²) in [6, 6.07) is 0. The maximum Gasteiger partial charge on any atom is 0.309 e. The lowest BCUT2D eigenvalue weighted by Crippen LogP contribution is -2.23. The second-order valence-electron chi connectivity index (χ2n) is 10.9. The Hall–Kier alpha value is -2.76. The summed E-state index contributed by atoms with van der Waals surface area (Å²) in [5.41, 5.74) is 2.03. The molecular weight excluding hydrogens is 444 g/mol. The molecule has 0 fully saturated rings. The molecule has 0 aromatic rings. The van der Waals surface area contributed by atoms with Crippen molar-refractivity contribution in [2.75, 3.05) is 0 Å². The van der Waals surface area contributed by atoms with E-state index in [-0.39, 0.29) is 11.6 Å². The molecule has 0 saturated heterocycles. The molecule has 6 heteroatoms. The van der Waals surface area contributed by atoms with E-state index in [1.807, 2.05) is 38.2 Å². The summed E-state index contributed by atoms with van der Waals surface area (Å²) in [4.78, 5) is 47.0. The molecule has 35 heavy (non-hydrogen) atoms. The van der Waals surface area contributed by atoms with Crippen molar-refractivity contribution < 1.29 is 29.0 Å². The van der Waals surface area contributed by atoms with Crippen molar-refractivity contribution in [3.8, 4) is 0 Å². The third-order valence-corrected chi connectivity index (χ3v) is 6.95. The van der Waals surface area contributed by atoms with Gasteiger partial charge in [-0.2, -0.15) is 0 Å². The lowest BCUT2D eigenvalue weighted by atomic mass is 9.86. The highest BCUT2D eigenvalue weighted by Crippen LogP contribution is 2.29. The van der Waals surface area contributed by atoms with Gasteiger partial charge < -0.3 is 9.84 Å². The van der Waals surface area contributed by atoms with Crippen LogP contribution < -0.4 is 0 Å². The Morgan fingerprint density at radius 1 is 0.743 bits per heavy atom. The van der Waals surface area contributed by atoms with E-state index in [2.05, 4.69) is 0 Å². The molecule has 2 aliphatic rings. The zero-order chi connectivity index (χ0) is 26.1. The smallest absolute Gasteiger partial charge is 0.309 e. The first-order chi connectivity index (χ1) is 16.5. The van der Waals surface area contributed by atoms with Gasteiger partial charge in [0.1, 0.15) is 5.60 Å². The summed E-state index contributed by atoms with van der Waals surface area (Å²) in [6.07, 6.45) is 15.7. The molecule has 0 amide bonds. The Morgan fingerprint density at radius 3 is 1.54 bits per heavy atom. The first-order valence-corrected chi connectivity index (χ1v) is 12.7. The minimum Gasteiger partial charge on any atom is -0.481 e. The fourth-order valence-electron chi connectivity index (χ4n) is 4.42. The number of hydrogen-bond acceptors (Lipinski definition) is 5. The number of aliphatic carboxylic acids is 1. The number of carbonyl (C=O) groups is 4. The Kier molecular flexibility index (Phi) is 10.4. The number of Topliss-reactive ketones (excluding diaryl/α,β-unsaturated/α-hetero) is 2. The number of hydrogen-bond donors (Lipinski definition) is 1. The van der Waals surface area contributed by atoms with Crippen molar-refractivity contribution >= 4 is 24.0 Å². The molecule has 2 aliphatic carbocycles. The Labute approximate surface area is 209 Å². The molecule has 2 rings (SSSR count). The van der Waals surface area contributed by atoms with E-state index in [0.717, 1.165) is 67.2 Å². The number of ketones is 2. The monoisotopic (exact) mass is 484 g/mol. The molecule has 0 heterocycles. The van der Waals surface area contributed by atoms with Crippen LogP contribution in [0.5, 0.6) is 0 Å². The van der Waals surface area contributed by atoms with Gasteiger partial charge in [-0.1, -0.05) is 30.7 Å². The topological polar surface area (TPSA) is 97.7 Å². The van der Waals surface area contributed by atoms with Gasteiger partial charge in [-0.05, 0) is 114 Å². The molecule has 0 bridgehead atoms. The van der Waals surface area contributed by atoms with E-state index in [1.165, 1.54) is 0 Å².